The lowest BCUT2D eigenvalue weighted by Crippen LogP contribution is -2.20. The normalized spacial score (nSPS) is 12.1. The Kier molecular flexibility index (Phi) is 3.63. The Labute approximate surface area is 119 Å². The van der Waals surface area contributed by atoms with Crippen molar-refractivity contribution in [2.45, 2.75) is 24.9 Å². The highest BCUT2D eigenvalue weighted by molar-refractivity contribution is 9.10. The fourth-order valence-corrected chi connectivity index (χ4v) is 3.75. The van der Waals surface area contributed by atoms with Crippen molar-refractivity contribution >= 4 is 31.8 Å². The molecule has 0 aliphatic heterocycles. The van der Waals surface area contributed by atoms with E-state index in [1.807, 2.05) is 13.8 Å². The summed E-state index contributed by atoms with van der Waals surface area (Å²) in [7, 11) is -2.27. The SMILES string of the molecule is CC(C)n1nccc1NS(=O)(=O)c1c(Br)nnn1C. The number of nitrogens with one attached hydrogen (secondary N) is 1. The summed E-state index contributed by atoms with van der Waals surface area (Å²) in [5, 5.41) is 11.3. The highest BCUT2D eigenvalue weighted by atomic mass is 79.9. The summed E-state index contributed by atoms with van der Waals surface area (Å²) in [4.78, 5) is 0. The molecule has 104 valence electrons. The van der Waals surface area contributed by atoms with Crippen LogP contribution in [-0.4, -0.2) is 33.2 Å². The summed E-state index contributed by atoms with van der Waals surface area (Å²) in [6.45, 7) is 3.82. The minimum absolute atomic E-state index is 0.0380. The molecular formula is C9H13BrN6O2S. The third-order valence-electron chi connectivity index (χ3n) is 2.39. The van der Waals surface area contributed by atoms with Gasteiger partial charge in [0.25, 0.3) is 10.0 Å². The molecule has 0 fully saturated rings. The Morgan fingerprint density at radius 1 is 1.42 bits per heavy atom. The Hall–Kier alpha value is -1.42. The maximum atomic E-state index is 12.3. The quantitative estimate of drug-likeness (QED) is 0.894. The van der Waals surface area contributed by atoms with E-state index in [9.17, 15) is 8.42 Å². The van der Waals surface area contributed by atoms with Crippen molar-refractivity contribution in [3.63, 3.8) is 0 Å². The van der Waals surface area contributed by atoms with E-state index in [0.29, 0.717) is 5.82 Å². The predicted octanol–water partition coefficient (Wildman–Crippen LogP) is 1.16. The fraction of sp³-hybridized carbons (Fsp3) is 0.444. The Morgan fingerprint density at radius 3 is 2.63 bits per heavy atom. The van der Waals surface area contributed by atoms with Gasteiger partial charge in [-0.05, 0) is 29.8 Å². The minimum Gasteiger partial charge on any atom is -0.262 e. The van der Waals surface area contributed by atoms with Gasteiger partial charge >= 0.3 is 0 Å². The molecule has 1 N–H and O–H groups in total. The maximum absolute atomic E-state index is 12.3. The summed E-state index contributed by atoms with van der Waals surface area (Å²) in [5.74, 6) is 0.392. The van der Waals surface area contributed by atoms with E-state index < -0.39 is 10.0 Å². The number of anilines is 1. The Balaban J connectivity index is 2.40. The van der Waals surface area contributed by atoms with Gasteiger partial charge in [-0.15, -0.1) is 5.10 Å². The Morgan fingerprint density at radius 2 is 2.11 bits per heavy atom. The van der Waals surface area contributed by atoms with Gasteiger partial charge in [0.15, 0.2) is 4.60 Å². The van der Waals surface area contributed by atoms with E-state index in [-0.39, 0.29) is 15.7 Å². The van der Waals surface area contributed by atoms with Gasteiger partial charge in [0, 0.05) is 19.2 Å². The molecule has 0 bridgehead atoms. The van der Waals surface area contributed by atoms with Crippen LogP contribution in [0.2, 0.25) is 0 Å². The fourth-order valence-electron chi connectivity index (χ4n) is 1.60. The molecule has 0 aromatic carbocycles. The van der Waals surface area contributed by atoms with Crippen molar-refractivity contribution in [3.8, 4) is 0 Å². The first-order chi connectivity index (χ1) is 8.83. The van der Waals surface area contributed by atoms with Gasteiger partial charge in [-0.2, -0.15) is 13.5 Å². The van der Waals surface area contributed by atoms with Crippen molar-refractivity contribution in [2.75, 3.05) is 4.72 Å². The lowest BCUT2D eigenvalue weighted by Gasteiger charge is -2.12. The van der Waals surface area contributed by atoms with Crippen molar-refractivity contribution in [1.82, 2.24) is 24.8 Å². The van der Waals surface area contributed by atoms with Gasteiger partial charge in [0.05, 0.1) is 6.20 Å². The van der Waals surface area contributed by atoms with Crippen LogP contribution >= 0.6 is 15.9 Å². The topological polar surface area (TPSA) is 94.7 Å². The molecule has 0 saturated heterocycles. The number of hydrogen-bond acceptors (Lipinski definition) is 5. The average molecular weight is 349 g/mol. The van der Waals surface area contributed by atoms with Gasteiger partial charge in [-0.25, -0.2) is 9.36 Å². The van der Waals surface area contributed by atoms with E-state index in [1.54, 1.807) is 10.7 Å². The highest BCUT2D eigenvalue weighted by Crippen LogP contribution is 2.22. The average Bonchev–Trinajstić information content (AvgIpc) is 2.85. The molecule has 0 aliphatic rings. The number of aryl methyl sites for hydroxylation is 1. The van der Waals surface area contributed by atoms with Crippen molar-refractivity contribution in [1.29, 1.82) is 0 Å². The lowest BCUT2D eigenvalue weighted by atomic mass is 10.4. The summed E-state index contributed by atoms with van der Waals surface area (Å²) >= 11 is 3.07. The standard InChI is InChI=1S/C9H13BrN6O2S/c1-6(2)16-7(4-5-11-16)13-19(17,18)9-8(10)12-14-15(9)3/h4-6,13H,1-3H3. The Bertz CT molecular complexity index is 670. The van der Waals surface area contributed by atoms with E-state index in [2.05, 4.69) is 36.1 Å². The second kappa shape index (κ2) is 4.93. The van der Waals surface area contributed by atoms with Crippen LogP contribution in [-0.2, 0) is 17.1 Å². The maximum Gasteiger partial charge on any atom is 0.283 e. The van der Waals surface area contributed by atoms with E-state index >= 15 is 0 Å². The van der Waals surface area contributed by atoms with Crippen LogP contribution in [0.3, 0.4) is 0 Å². The molecule has 2 aromatic rings. The van der Waals surface area contributed by atoms with Gasteiger partial charge in [-0.1, -0.05) is 5.21 Å². The van der Waals surface area contributed by atoms with Crippen LogP contribution in [0.4, 0.5) is 5.82 Å². The zero-order valence-electron chi connectivity index (χ0n) is 10.6. The van der Waals surface area contributed by atoms with E-state index in [0.717, 1.165) is 0 Å². The number of sulfonamides is 1. The molecule has 10 heteroatoms. The molecule has 0 saturated carbocycles. The van der Waals surface area contributed by atoms with Gasteiger partial charge in [0.1, 0.15) is 5.82 Å². The first kappa shape index (κ1) is 14.0. The van der Waals surface area contributed by atoms with Gasteiger partial charge in [-0.3, -0.25) is 4.72 Å². The summed E-state index contributed by atoms with van der Waals surface area (Å²) in [6, 6.07) is 1.63. The van der Waals surface area contributed by atoms with Crippen LogP contribution in [0.25, 0.3) is 0 Å². The molecule has 2 aromatic heterocycles. The first-order valence-electron chi connectivity index (χ1n) is 5.44. The molecule has 0 atom stereocenters. The molecular weight excluding hydrogens is 336 g/mol. The smallest absolute Gasteiger partial charge is 0.262 e. The van der Waals surface area contributed by atoms with Crippen LogP contribution in [0.1, 0.15) is 19.9 Å². The number of halogens is 1. The zero-order chi connectivity index (χ0) is 14.2. The van der Waals surface area contributed by atoms with Gasteiger partial charge < -0.3 is 0 Å². The molecule has 19 heavy (non-hydrogen) atoms. The molecule has 0 aliphatic carbocycles. The largest absolute Gasteiger partial charge is 0.283 e. The van der Waals surface area contributed by atoms with Crippen LogP contribution in [0.5, 0.6) is 0 Å². The lowest BCUT2D eigenvalue weighted by molar-refractivity contribution is 0.538. The summed E-state index contributed by atoms with van der Waals surface area (Å²) < 4.78 is 30.0. The van der Waals surface area contributed by atoms with Crippen molar-refractivity contribution < 1.29 is 8.42 Å². The third-order valence-corrected chi connectivity index (χ3v) is 4.63. The molecule has 0 amide bonds. The number of nitrogens with zero attached hydrogens (tertiary/aromatic N) is 5. The highest BCUT2D eigenvalue weighted by Gasteiger charge is 2.25. The molecule has 8 nitrogen and oxygen atoms in total. The van der Waals surface area contributed by atoms with Crippen LogP contribution in [0.15, 0.2) is 21.9 Å². The molecule has 0 spiro atoms. The summed E-state index contributed by atoms with van der Waals surface area (Å²) in [5.41, 5.74) is 0. The number of hydrogen-bond donors (Lipinski definition) is 1. The molecule has 0 unspecified atom stereocenters. The molecule has 0 radical (unpaired) electrons. The number of aromatic nitrogens is 5. The predicted molar refractivity (Wildman–Crippen MR) is 72.1 cm³/mol. The number of rotatable bonds is 4. The first-order valence-corrected chi connectivity index (χ1v) is 7.72. The zero-order valence-corrected chi connectivity index (χ0v) is 13.0. The third kappa shape index (κ3) is 2.63. The van der Waals surface area contributed by atoms with Gasteiger partial charge in [0.2, 0.25) is 5.03 Å². The van der Waals surface area contributed by atoms with Crippen molar-refractivity contribution in [3.05, 3.63) is 16.9 Å². The van der Waals surface area contributed by atoms with Crippen molar-refractivity contribution in [2.24, 2.45) is 7.05 Å². The summed E-state index contributed by atoms with van der Waals surface area (Å²) in [6.07, 6.45) is 1.54. The van der Waals surface area contributed by atoms with Crippen LogP contribution in [0, 0.1) is 0 Å². The minimum atomic E-state index is -3.78. The second-order valence-electron chi connectivity index (χ2n) is 4.17. The van der Waals surface area contributed by atoms with E-state index in [1.165, 1.54) is 17.9 Å². The molecule has 2 heterocycles. The molecule has 2 rings (SSSR count). The second-order valence-corrected chi connectivity index (χ2v) is 6.52. The monoisotopic (exact) mass is 348 g/mol. The van der Waals surface area contributed by atoms with Crippen LogP contribution < -0.4 is 4.72 Å². The van der Waals surface area contributed by atoms with E-state index in [4.69, 9.17) is 0 Å².